The van der Waals surface area contributed by atoms with Gasteiger partial charge in [-0.15, -0.1) is 11.8 Å². The van der Waals surface area contributed by atoms with E-state index in [0.29, 0.717) is 40.6 Å². The van der Waals surface area contributed by atoms with Crippen molar-refractivity contribution in [3.05, 3.63) is 71.9 Å². The molecule has 1 aliphatic rings. The predicted octanol–water partition coefficient (Wildman–Crippen LogP) is 5.03. The lowest BCUT2D eigenvalue weighted by molar-refractivity contribution is -0.114. The lowest BCUT2D eigenvalue weighted by Crippen LogP contribution is -2.16. The number of thioether (sulfide) groups is 1. The van der Waals surface area contributed by atoms with E-state index in [1.165, 1.54) is 30.9 Å². The molecule has 38 heavy (non-hydrogen) atoms. The maximum atomic E-state index is 15.8. The second-order valence-electron chi connectivity index (χ2n) is 8.18. The maximum Gasteiger partial charge on any atom is 0.265 e. The van der Waals surface area contributed by atoms with Gasteiger partial charge >= 0.3 is 0 Å². The number of benzene rings is 2. The zero-order valence-electron chi connectivity index (χ0n) is 19.4. The summed E-state index contributed by atoms with van der Waals surface area (Å²) < 4.78 is 87.6. The molecule has 0 unspecified atom stereocenters. The summed E-state index contributed by atoms with van der Waals surface area (Å²) in [6.07, 6.45) is 1.42. The molecule has 0 fully saturated rings. The first-order valence-electron chi connectivity index (χ1n) is 11.0. The molecule has 2 aromatic carbocycles. The number of fused-ring (bicyclic) bond motifs is 1. The molecule has 3 heterocycles. The van der Waals surface area contributed by atoms with E-state index >= 15 is 8.78 Å². The zero-order valence-corrected chi connectivity index (χ0v) is 21.1. The van der Waals surface area contributed by atoms with Crippen molar-refractivity contribution in [2.75, 3.05) is 15.8 Å². The summed E-state index contributed by atoms with van der Waals surface area (Å²) in [6, 6.07) is 6.59. The van der Waals surface area contributed by atoms with Crippen LogP contribution in [0, 0.1) is 23.3 Å². The third kappa shape index (κ3) is 4.72. The van der Waals surface area contributed by atoms with Gasteiger partial charge in [-0.25, -0.2) is 31.0 Å². The average molecular weight is 564 g/mol. The van der Waals surface area contributed by atoms with Gasteiger partial charge in [0.25, 0.3) is 10.0 Å². The molecule has 2 N–H and O–H groups in total. The van der Waals surface area contributed by atoms with Crippen LogP contribution in [-0.4, -0.2) is 34.8 Å². The Bertz CT molecular complexity index is 1710. The topological polar surface area (TPSA) is 106 Å². The van der Waals surface area contributed by atoms with Gasteiger partial charge in [-0.2, -0.15) is 5.10 Å². The minimum atomic E-state index is -4.78. The van der Waals surface area contributed by atoms with Crippen LogP contribution in [-0.2, 0) is 21.4 Å². The number of amides is 1. The molecule has 1 aliphatic heterocycles. The fourth-order valence-electron chi connectivity index (χ4n) is 3.97. The van der Waals surface area contributed by atoms with Crippen molar-refractivity contribution >= 4 is 39.2 Å². The number of aromatic nitrogens is 3. The molecule has 0 spiro atoms. The van der Waals surface area contributed by atoms with Gasteiger partial charge in [-0.1, -0.05) is 0 Å². The van der Waals surface area contributed by atoms with E-state index in [1.807, 2.05) is 4.72 Å². The molecule has 5 rings (SSSR count). The van der Waals surface area contributed by atoms with Gasteiger partial charge in [-0.05, 0) is 48.0 Å². The van der Waals surface area contributed by atoms with Crippen molar-refractivity contribution in [2.45, 2.75) is 23.4 Å². The molecule has 196 valence electrons. The van der Waals surface area contributed by atoms with Crippen LogP contribution in [0.25, 0.3) is 22.4 Å². The van der Waals surface area contributed by atoms with Gasteiger partial charge < -0.3 is 5.32 Å². The second kappa shape index (κ2) is 9.76. The summed E-state index contributed by atoms with van der Waals surface area (Å²) in [5, 5.41) is 7.56. The number of anilines is 2. The molecule has 14 heteroatoms. The minimum Gasteiger partial charge on any atom is -0.311 e. The summed E-state index contributed by atoms with van der Waals surface area (Å²) in [7, 11) is -4.78. The second-order valence-corrected chi connectivity index (χ2v) is 10.9. The molecular formula is C24H17F4N5O3S2. The third-order valence-corrected chi connectivity index (χ3v) is 8.01. The minimum absolute atomic E-state index is 0.111. The number of aryl methyl sites for hydroxylation is 1. The highest BCUT2D eigenvalue weighted by Crippen LogP contribution is 2.44. The Morgan fingerprint density at radius 3 is 2.55 bits per heavy atom. The van der Waals surface area contributed by atoms with E-state index in [2.05, 4.69) is 15.4 Å². The molecule has 8 nitrogen and oxygen atoms in total. The normalized spacial score (nSPS) is 12.9. The van der Waals surface area contributed by atoms with Crippen molar-refractivity contribution in [1.82, 2.24) is 14.8 Å². The molecule has 0 atom stereocenters. The summed E-state index contributed by atoms with van der Waals surface area (Å²) in [5.41, 5.74) is -0.609. The highest BCUT2D eigenvalue weighted by atomic mass is 32.2. The average Bonchev–Trinajstić information content (AvgIpc) is 3.44. The van der Waals surface area contributed by atoms with Crippen molar-refractivity contribution in [1.29, 1.82) is 0 Å². The Balaban J connectivity index is 1.64. The third-order valence-electron chi connectivity index (χ3n) is 5.56. The lowest BCUT2D eigenvalue weighted by atomic mass is 10.0. The number of nitrogens with zero attached hydrogens (tertiary/aromatic N) is 3. The number of carbonyl (C=O) groups excluding carboxylic acids is 1. The van der Waals surface area contributed by atoms with E-state index < -0.39 is 49.4 Å². The standard InChI is InChI=1S/C24H17F4N5O3S2/c1-12(34)30-19-10-13(6-7-29-19)20-23(31-33-8-9-37-24(20)33)21-16(27)4-5-17(22(21)28)32-38(35,36)18-11-14(25)2-3-15(18)26/h2-7,10-11,32H,8-9H2,1H3,(H,29,30,34). The van der Waals surface area contributed by atoms with Gasteiger partial charge in [-0.3, -0.25) is 14.2 Å². The number of pyridine rings is 1. The molecule has 0 radical (unpaired) electrons. The number of hydrogen-bond acceptors (Lipinski definition) is 6. The SMILES string of the molecule is CC(=O)Nc1cc(-c2c(-c3c(F)ccc(NS(=O)(=O)c4cc(F)ccc4F)c3F)nn3c2SCC3)ccn1. The van der Waals surface area contributed by atoms with Crippen LogP contribution in [0.2, 0.25) is 0 Å². The smallest absolute Gasteiger partial charge is 0.265 e. The summed E-state index contributed by atoms with van der Waals surface area (Å²) in [4.78, 5) is 14.5. The van der Waals surface area contributed by atoms with Crippen LogP contribution in [0.3, 0.4) is 0 Å². The van der Waals surface area contributed by atoms with Gasteiger partial charge in [0.2, 0.25) is 5.91 Å². The van der Waals surface area contributed by atoms with E-state index in [4.69, 9.17) is 0 Å². The van der Waals surface area contributed by atoms with Crippen LogP contribution >= 0.6 is 11.8 Å². The van der Waals surface area contributed by atoms with E-state index in [-0.39, 0.29) is 17.4 Å². The van der Waals surface area contributed by atoms with E-state index in [1.54, 1.807) is 10.7 Å². The van der Waals surface area contributed by atoms with E-state index in [9.17, 15) is 22.0 Å². The number of rotatable bonds is 6. The van der Waals surface area contributed by atoms with Crippen LogP contribution in [0.5, 0.6) is 0 Å². The Morgan fingerprint density at radius 1 is 1.03 bits per heavy atom. The van der Waals surface area contributed by atoms with Crippen molar-refractivity contribution in [3.8, 4) is 22.4 Å². The van der Waals surface area contributed by atoms with Crippen LogP contribution < -0.4 is 10.0 Å². The summed E-state index contributed by atoms with van der Waals surface area (Å²) in [6.45, 7) is 1.77. The molecular weight excluding hydrogens is 546 g/mol. The van der Waals surface area contributed by atoms with Gasteiger partial charge in [0, 0.05) is 24.4 Å². The first-order chi connectivity index (χ1) is 18.0. The fourth-order valence-corrected chi connectivity index (χ4v) is 6.22. The number of nitrogens with one attached hydrogen (secondary N) is 2. The number of hydrogen-bond donors (Lipinski definition) is 2. The quantitative estimate of drug-likeness (QED) is 0.319. The first-order valence-corrected chi connectivity index (χ1v) is 13.5. The lowest BCUT2D eigenvalue weighted by Gasteiger charge is -2.13. The molecule has 0 aliphatic carbocycles. The Morgan fingerprint density at radius 2 is 1.79 bits per heavy atom. The van der Waals surface area contributed by atoms with E-state index in [0.717, 1.165) is 18.2 Å². The Hall–Kier alpha value is -3.91. The number of halogens is 4. The molecule has 0 saturated carbocycles. The van der Waals surface area contributed by atoms with Crippen LogP contribution in [0.15, 0.2) is 58.6 Å². The van der Waals surface area contributed by atoms with Crippen molar-refractivity contribution in [3.63, 3.8) is 0 Å². The van der Waals surface area contributed by atoms with Gasteiger partial charge in [0.15, 0.2) is 5.82 Å². The van der Waals surface area contributed by atoms with Crippen LogP contribution in [0.4, 0.5) is 29.1 Å². The molecule has 1 amide bonds. The summed E-state index contributed by atoms with van der Waals surface area (Å²) in [5.74, 6) is -4.08. The van der Waals surface area contributed by atoms with Gasteiger partial charge in [0.1, 0.15) is 38.9 Å². The maximum absolute atomic E-state index is 15.8. The Kier molecular flexibility index (Phi) is 6.61. The zero-order chi connectivity index (χ0) is 27.2. The van der Waals surface area contributed by atoms with Crippen LogP contribution in [0.1, 0.15) is 6.92 Å². The Labute approximate surface area is 218 Å². The number of sulfonamides is 1. The predicted molar refractivity (Wildman–Crippen MR) is 133 cm³/mol. The van der Waals surface area contributed by atoms with Crippen molar-refractivity contribution < 1.29 is 30.8 Å². The highest BCUT2D eigenvalue weighted by molar-refractivity contribution is 7.99. The molecule has 4 aromatic rings. The molecule has 0 bridgehead atoms. The highest BCUT2D eigenvalue weighted by Gasteiger charge is 2.30. The monoisotopic (exact) mass is 563 g/mol. The fraction of sp³-hybridized carbons (Fsp3) is 0.125. The summed E-state index contributed by atoms with van der Waals surface area (Å²) >= 11 is 1.41. The van der Waals surface area contributed by atoms with Gasteiger partial charge in [0.05, 0.1) is 17.8 Å². The molecule has 2 aromatic heterocycles. The largest absolute Gasteiger partial charge is 0.311 e. The number of carbonyl (C=O) groups is 1. The first kappa shape index (κ1) is 25.7. The van der Waals surface area contributed by atoms with Crippen molar-refractivity contribution in [2.24, 2.45) is 0 Å². The molecule has 0 saturated heterocycles.